The molecule has 2 aromatic rings. The van der Waals surface area contributed by atoms with Crippen molar-refractivity contribution in [3.05, 3.63) is 65.6 Å². The third-order valence-corrected chi connectivity index (χ3v) is 6.27. The zero-order valence-corrected chi connectivity index (χ0v) is 18.7. The van der Waals surface area contributed by atoms with Crippen LogP contribution in [0.5, 0.6) is 0 Å². The number of nitrogens with zero attached hydrogens (tertiary/aromatic N) is 2. The molecule has 0 saturated carbocycles. The molecule has 6 heteroatoms. The third-order valence-electron chi connectivity index (χ3n) is 6.27. The molecule has 2 aliphatic rings. The quantitative estimate of drug-likeness (QED) is 0.608. The molecule has 0 aliphatic carbocycles. The first kappa shape index (κ1) is 21.7. The Morgan fingerprint density at radius 1 is 1.29 bits per heavy atom. The largest absolute Gasteiger partial charge is 0.397 e. The van der Waals surface area contributed by atoms with E-state index in [0.717, 1.165) is 56.2 Å². The first-order chi connectivity index (χ1) is 15.0. The second kappa shape index (κ2) is 9.71. The van der Waals surface area contributed by atoms with Crippen LogP contribution in [-0.2, 0) is 11.3 Å². The average molecular weight is 422 g/mol. The van der Waals surface area contributed by atoms with Crippen LogP contribution in [0.15, 0.2) is 48.8 Å². The van der Waals surface area contributed by atoms with Crippen molar-refractivity contribution in [2.75, 3.05) is 31.1 Å². The average Bonchev–Trinajstić information content (AvgIpc) is 2.77. The molecular weight excluding hydrogens is 386 g/mol. The molecule has 1 aromatic heterocycles. The molecule has 31 heavy (non-hydrogen) atoms. The maximum Gasteiger partial charge on any atom is 0.0747 e. The molecule has 0 radical (unpaired) electrons. The van der Waals surface area contributed by atoms with Gasteiger partial charge in [0.25, 0.3) is 0 Å². The zero-order chi connectivity index (χ0) is 21.7. The van der Waals surface area contributed by atoms with Gasteiger partial charge >= 0.3 is 0 Å². The minimum atomic E-state index is 0.105. The summed E-state index contributed by atoms with van der Waals surface area (Å²) < 4.78 is 5.76. The van der Waals surface area contributed by atoms with Gasteiger partial charge in [0.15, 0.2) is 0 Å². The maximum absolute atomic E-state index is 6.35. The Balaban J connectivity index is 1.29. The normalized spacial score (nSPS) is 20.9. The van der Waals surface area contributed by atoms with E-state index in [1.165, 1.54) is 24.1 Å². The highest BCUT2D eigenvalue weighted by atomic mass is 16.5. The van der Waals surface area contributed by atoms with Gasteiger partial charge in [0.1, 0.15) is 0 Å². The summed E-state index contributed by atoms with van der Waals surface area (Å²) in [6, 6.07) is 12.6. The number of hydrogen-bond acceptors (Lipinski definition) is 6. The van der Waals surface area contributed by atoms with Crippen molar-refractivity contribution in [3.8, 4) is 0 Å². The van der Waals surface area contributed by atoms with Crippen molar-refractivity contribution < 1.29 is 4.74 Å². The van der Waals surface area contributed by atoms with E-state index < -0.39 is 0 Å². The van der Waals surface area contributed by atoms with Gasteiger partial charge in [-0.2, -0.15) is 0 Å². The van der Waals surface area contributed by atoms with Gasteiger partial charge in [-0.15, -0.1) is 0 Å². The van der Waals surface area contributed by atoms with Crippen LogP contribution in [0.4, 0.5) is 5.69 Å². The van der Waals surface area contributed by atoms with E-state index in [4.69, 9.17) is 10.5 Å². The van der Waals surface area contributed by atoms with E-state index in [-0.39, 0.29) is 5.54 Å². The first-order valence-electron chi connectivity index (χ1n) is 11.3. The van der Waals surface area contributed by atoms with Crippen LogP contribution in [0, 0.1) is 6.92 Å². The van der Waals surface area contributed by atoms with Crippen molar-refractivity contribution >= 4 is 11.4 Å². The van der Waals surface area contributed by atoms with Crippen LogP contribution in [0.1, 0.15) is 43.0 Å². The van der Waals surface area contributed by atoms with E-state index in [2.05, 4.69) is 58.6 Å². The predicted molar refractivity (Wildman–Crippen MR) is 127 cm³/mol. The second-order valence-corrected chi connectivity index (χ2v) is 9.09. The number of nitrogens with two attached hydrogens (primary N) is 1. The molecule has 1 unspecified atom stereocenters. The van der Waals surface area contributed by atoms with Crippen molar-refractivity contribution in [2.45, 2.75) is 51.3 Å². The zero-order valence-electron chi connectivity index (χ0n) is 18.7. The molecule has 0 amide bonds. The van der Waals surface area contributed by atoms with Crippen LogP contribution in [0.2, 0.25) is 0 Å². The monoisotopic (exact) mass is 421 g/mol. The highest BCUT2D eigenvalue weighted by Crippen LogP contribution is 2.30. The van der Waals surface area contributed by atoms with Crippen LogP contribution < -0.4 is 21.3 Å². The first-order valence-corrected chi connectivity index (χ1v) is 11.3. The molecule has 1 aromatic carbocycles. The SMILES string of the molecule is Cc1cc(N2CC(C)(NCc3ccccn3)C2)ccc1/C(N)=C/NCC1CCCCO1. The summed E-state index contributed by atoms with van der Waals surface area (Å²) >= 11 is 0. The Morgan fingerprint density at radius 3 is 2.87 bits per heavy atom. The van der Waals surface area contributed by atoms with Gasteiger partial charge in [-0.25, -0.2) is 0 Å². The van der Waals surface area contributed by atoms with Gasteiger partial charge in [0.2, 0.25) is 0 Å². The van der Waals surface area contributed by atoms with Gasteiger partial charge in [-0.1, -0.05) is 12.1 Å². The van der Waals surface area contributed by atoms with Crippen LogP contribution >= 0.6 is 0 Å². The van der Waals surface area contributed by atoms with Crippen molar-refractivity contribution in [2.24, 2.45) is 5.73 Å². The van der Waals surface area contributed by atoms with E-state index in [9.17, 15) is 0 Å². The summed E-state index contributed by atoms with van der Waals surface area (Å²) in [6.45, 7) is 8.84. The van der Waals surface area contributed by atoms with Crippen molar-refractivity contribution in [1.82, 2.24) is 15.6 Å². The van der Waals surface area contributed by atoms with Crippen LogP contribution in [0.3, 0.4) is 0 Å². The number of nitrogens with one attached hydrogen (secondary N) is 2. The van der Waals surface area contributed by atoms with E-state index >= 15 is 0 Å². The Bertz CT molecular complexity index is 886. The fourth-order valence-electron chi connectivity index (χ4n) is 4.41. The van der Waals surface area contributed by atoms with Gasteiger partial charge in [0, 0.05) is 56.4 Å². The smallest absolute Gasteiger partial charge is 0.0747 e. The Hall–Kier alpha value is -2.57. The highest BCUT2D eigenvalue weighted by molar-refractivity contribution is 5.68. The molecule has 0 bridgehead atoms. The minimum absolute atomic E-state index is 0.105. The lowest BCUT2D eigenvalue weighted by atomic mass is 9.90. The molecule has 3 heterocycles. The lowest BCUT2D eigenvalue weighted by Crippen LogP contribution is -2.67. The molecule has 0 spiro atoms. The molecule has 4 rings (SSSR count). The molecule has 2 aliphatic heterocycles. The Labute approximate surface area is 185 Å². The summed E-state index contributed by atoms with van der Waals surface area (Å²) in [4.78, 5) is 6.80. The van der Waals surface area contributed by atoms with Gasteiger partial charge < -0.3 is 26.0 Å². The fourth-order valence-corrected chi connectivity index (χ4v) is 4.41. The number of aromatic nitrogens is 1. The minimum Gasteiger partial charge on any atom is -0.397 e. The third kappa shape index (κ3) is 5.57. The summed E-state index contributed by atoms with van der Waals surface area (Å²) in [5.74, 6) is 0. The lowest BCUT2D eigenvalue weighted by Gasteiger charge is -2.50. The van der Waals surface area contributed by atoms with E-state index in [1.54, 1.807) is 0 Å². The predicted octanol–water partition coefficient (Wildman–Crippen LogP) is 3.17. The summed E-state index contributed by atoms with van der Waals surface area (Å²) in [5.41, 5.74) is 11.8. The number of anilines is 1. The van der Waals surface area contributed by atoms with Gasteiger partial charge in [0.05, 0.1) is 23.0 Å². The fraction of sp³-hybridized carbons (Fsp3) is 0.480. The number of hydrogen-bond donors (Lipinski definition) is 3. The Kier molecular flexibility index (Phi) is 6.78. The molecule has 166 valence electrons. The summed E-state index contributed by atoms with van der Waals surface area (Å²) in [6.07, 6.45) is 7.61. The number of aryl methyl sites for hydroxylation is 1. The highest BCUT2D eigenvalue weighted by Gasteiger charge is 2.38. The van der Waals surface area contributed by atoms with Crippen LogP contribution in [0.25, 0.3) is 5.70 Å². The molecule has 2 saturated heterocycles. The standard InChI is InChI=1S/C25H35N5O/c1-19-13-21(30-17-25(2,18-30)29-14-20-7-3-5-11-28-20)9-10-23(19)24(26)16-27-15-22-8-4-6-12-31-22/h3,5,7,9-11,13,16,22,27,29H,4,6,8,12,14-15,17-18,26H2,1-2H3/b24-16-. The van der Waals surface area contributed by atoms with E-state index in [0.29, 0.717) is 6.10 Å². The molecule has 1 atom stereocenters. The number of benzene rings is 1. The van der Waals surface area contributed by atoms with Crippen molar-refractivity contribution in [3.63, 3.8) is 0 Å². The number of pyridine rings is 1. The number of rotatable bonds is 8. The second-order valence-electron chi connectivity index (χ2n) is 9.09. The van der Waals surface area contributed by atoms with Crippen molar-refractivity contribution in [1.29, 1.82) is 0 Å². The maximum atomic E-state index is 6.35. The summed E-state index contributed by atoms with van der Waals surface area (Å²) in [5, 5.41) is 7.00. The van der Waals surface area contributed by atoms with Gasteiger partial charge in [-0.05, 0) is 62.9 Å². The number of ether oxygens (including phenoxy) is 1. The summed E-state index contributed by atoms with van der Waals surface area (Å²) in [7, 11) is 0. The van der Waals surface area contributed by atoms with Gasteiger partial charge in [-0.3, -0.25) is 4.98 Å². The molecular formula is C25H35N5O. The lowest BCUT2D eigenvalue weighted by molar-refractivity contribution is 0.0188. The van der Waals surface area contributed by atoms with Crippen LogP contribution in [-0.4, -0.2) is 42.9 Å². The van der Waals surface area contributed by atoms with E-state index in [1.807, 2.05) is 24.5 Å². The Morgan fingerprint density at radius 2 is 2.16 bits per heavy atom. The molecule has 4 N–H and O–H groups in total. The molecule has 2 fully saturated rings. The molecule has 6 nitrogen and oxygen atoms in total. The topological polar surface area (TPSA) is 75.4 Å².